The molecule has 3 nitrogen and oxygen atoms in total. The Labute approximate surface area is 117 Å². The molecule has 1 aromatic carbocycles. The van der Waals surface area contributed by atoms with Gasteiger partial charge in [0.05, 0.1) is 10.3 Å². The Balaban J connectivity index is 1.83. The Morgan fingerprint density at radius 2 is 1.95 bits per heavy atom. The molecule has 0 saturated heterocycles. The average molecular weight is 272 g/mol. The van der Waals surface area contributed by atoms with Crippen molar-refractivity contribution < 1.29 is 4.79 Å². The molecule has 1 heterocycles. The van der Waals surface area contributed by atoms with E-state index < -0.39 is 0 Å². The van der Waals surface area contributed by atoms with Gasteiger partial charge in [0.2, 0.25) is 5.91 Å². The van der Waals surface area contributed by atoms with Gasteiger partial charge in [0.15, 0.2) is 0 Å². The number of pyridine rings is 1. The molecule has 0 unspecified atom stereocenters. The summed E-state index contributed by atoms with van der Waals surface area (Å²) in [5.74, 6) is 0.0273. The second kappa shape index (κ2) is 6.95. The molecular formula is C15H16N2OS. The SMILES string of the molecule is C[C@@H](Sc1ccccn1)C(=O)NCc1ccccc1. The maximum Gasteiger partial charge on any atom is 0.233 e. The van der Waals surface area contributed by atoms with Crippen molar-refractivity contribution in [2.24, 2.45) is 0 Å². The molecule has 1 N–H and O–H groups in total. The Morgan fingerprint density at radius 3 is 2.63 bits per heavy atom. The third kappa shape index (κ3) is 4.41. The lowest BCUT2D eigenvalue weighted by molar-refractivity contribution is -0.120. The molecule has 4 heteroatoms. The highest BCUT2D eigenvalue weighted by Crippen LogP contribution is 2.20. The summed E-state index contributed by atoms with van der Waals surface area (Å²) in [6.45, 7) is 2.45. The maximum atomic E-state index is 12.0. The molecular weight excluding hydrogens is 256 g/mol. The summed E-state index contributed by atoms with van der Waals surface area (Å²) in [6, 6.07) is 15.6. The van der Waals surface area contributed by atoms with Crippen LogP contribution in [0, 0.1) is 0 Å². The normalized spacial score (nSPS) is 11.8. The Kier molecular flexibility index (Phi) is 4.98. The molecule has 98 valence electrons. The van der Waals surface area contributed by atoms with Gasteiger partial charge in [0, 0.05) is 12.7 Å². The molecule has 0 fully saturated rings. The van der Waals surface area contributed by atoms with Crippen LogP contribution in [0.1, 0.15) is 12.5 Å². The van der Waals surface area contributed by atoms with Gasteiger partial charge in [-0.2, -0.15) is 0 Å². The second-order valence-electron chi connectivity index (χ2n) is 4.13. The minimum Gasteiger partial charge on any atom is -0.351 e. The van der Waals surface area contributed by atoms with Crippen LogP contribution in [0.25, 0.3) is 0 Å². The van der Waals surface area contributed by atoms with Crippen LogP contribution in [-0.4, -0.2) is 16.1 Å². The molecule has 0 aliphatic rings. The zero-order chi connectivity index (χ0) is 13.5. The number of carbonyl (C=O) groups is 1. The first-order chi connectivity index (χ1) is 9.25. The van der Waals surface area contributed by atoms with E-state index in [0.29, 0.717) is 6.54 Å². The van der Waals surface area contributed by atoms with Gasteiger partial charge >= 0.3 is 0 Å². The van der Waals surface area contributed by atoms with Gasteiger partial charge in [-0.3, -0.25) is 4.79 Å². The summed E-state index contributed by atoms with van der Waals surface area (Å²) in [6.07, 6.45) is 1.73. The van der Waals surface area contributed by atoms with Crippen molar-refractivity contribution in [3.8, 4) is 0 Å². The fourth-order valence-electron chi connectivity index (χ4n) is 1.58. The number of thioether (sulfide) groups is 1. The van der Waals surface area contributed by atoms with Crippen LogP contribution < -0.4 is 5.32 Å². The average Bonchev–Trinajstić information content (AvgIpc) is 2.47. The topological polar surface area (TPSA) is 42.0 Å². The summed E-state index contributed by atoms with van der Waals surface area (Å²) in [5, 5.41) is 3.64. The van der Waals surface area contributed by atoms with Crippen molar-refractivity contribution >= 4 is 17.7 Å². The molecule has 1 aromatic heterocycles. The van der Waals surface area contributed by atoms with Crippen molar-refractivity contribution in [1.82, 2.24) is 10.3 Å². The van der Waals surface area contributed by atoms with Gasteiger partial charge in [-0.05, 0) is 24.6 Å². The monoisotopic (exact) mass is 272 g/mol. The molecule has 19 heavy (non-hydrogen) atoms. The molecule has 0 aliphatic carbocycles. The second-order valence-corrected chi connectivity index (χ2v) is 5.49. The molecule has 0 saturated carbocycles. The smallest absolute Gasteiger partial charge is 0.233 e. The lowest BCUT2D eigenvalue weighted by Crippen LogP contribution is -2.30. The fourth-order valence-corrected chi connectivity index (χ4v) is 2.41. The molecule has 0 radical (unpaired) electrons. The summed E-state index contributed by atoms with van der Waals surface area (Å²) in [7, 11) is 0. The van der Waals surface area contributed by atoms with Crippen LogP contribution in [0.15, 0.2) is 59.8 Å². The van der Waals surface area contributed by atoms with E-state index in [1.165, 1.54) is 11.8 Å². The lowest BCUT2D eigenvalue weighted by atomic mass is 10.2. The highest BCUT2D eigenvalue weighted by Gasteiger charge is 2.14. The lowest BCUT2D eigenvalue weighted by Gasteiger charge is -2.11. The van der Waals surface area contributed by atoms with Crippen LogP contribution in [0.5, 0.6) is 0 Å². The van der Waals surface area contributed by atoms with Gasteiger partial charge in [0.25, 0.3) is 0 Å². The van der Waals surface area contributed by atoms with Crippen LogP contribution in [0.2, 0.25) is 0 Å². The van der Waals surface area contributed by atoms with E-state index in [4.69, 9.17) is 0 Å². The molecule has 1 atom stereocenters. The first kappa shape index (κ1) is 13.6. The van der Waals surface area contributed by atoms with Crippen LogP contribution in [-0.2, 0) is 11.3 Å². The van der Waals surface area contributed by atoms with Gasteiger partial charge < -0.3 is 5.32 Å². The zero-order valence-corrected chi connectivity index (χ0v) is 11.6. The molecule has 0 bridgehead atoms. The Morgan fingerprint density at radius 1 is 1.21 bits per heavy atom. The number of aromatic nitrogens is 1. The number of hydrogen-bond acceptors (Lipinski definition) is 3. The van der Waals surface area contributed by atoms with Crippen molar-refractivity contribution in [1.29, 1.82) is 0 Å². The van der Waals surface area contributed by atoms with Crippen molar-refractivity contribution in [3.05, 3.63) is 60.3 Å². The van der Waals surface area contributed by atoms with Crippen molar-refractivity contribution in [2.75, 3.05) is 0 Å². The quantitative estimate of drug-likeness (QED) is 0.851. The minimum absolute atomic E-state index is 0.0273. The number of carbonyl (C=O) groups excluding carboxylic acids is 1. The molecule has 1 amide bonds. The molecule has 2 aromatic rings. The fraction of sp³-hybridized carbons (Fsp3) is 0.200. The first-order valence-electron chi connectivity index (χ1n) is 6.15. The minimum atomic E-state index is -0.154. The maximum absolute atomic E-state index is 12.0. The van der Waals surface area contributed by atoms with Gasteiger partial charge in [-0.25, -0.2) is 4.98 Å². The summed E-state index contributed by atoms with van der Waals surface area (Å²) in [5.41, 5.74) is 1.10. The van der Waals surface area contributed by atoms with E-state index in [1.54, 1.807) is 6.20 Å². The van der Waals surface area contributed by atoms with Crippen molar-refractivity contribution in [2.45, 2.75) is 23.7 Å². The van der Waals surface area contributed by atoms with E-state index in [-0.39, 0.29) is 11.2 Å². The van der Waals surface area contributed by atoms with Gasteiger partial charge in [0.1, 0.15) is 0 Å². The van der Waals surface area contributed by atoms with Crippen molar-refractivity contribution in [3.63, 3.8) is 0 Å². The number of nitrogens with zero attached hydrogens (tertiary/aromatic N) is 1. The predicted octanol–water partition coefficient (Wildman–Crippen LogP) is 2.88. The number of rotatable bonds is 5. The Bertz CT molecular complexity index is 516. The van der Waals surface area contributed by atoms with Crippen LogP contribution >= 0.6 is 11.8 Å². The summed E-state index contributed by atoms with van der Waals surface area (Å²) >= 11 is 1.46. The standard InChI is InChI=1S/C15H16N2OS/c1-12(19-14-9-5-6-10-16-14)15(18)17-11-13-7-3-2-4-8-13/h2-10,12H,11H2,1H3,(H,17,18)/t12-/m1/s1. The van der Waals surface area contributed by atoms with E-state index in [9.17, 15) is 4.79 Å². The first-order valence-corrected chi connectivity index (χ1v) is 7.03. The molecule has 2 rings (SSSR count). The van der Waals surface area contributed by atoms with Crippen LogP contribution in [0.4, 0.5) is 0 Å². The zero-order valence-electron chi connectivity index (χ0n) is 10.7. The largest absolute Gasteiger partial charge is 0.351 e. The molecule has 0 spiro atoms. The number of hydrogen-bond donors (Lipinski definition) is 1. The summed E-state index contributed by atoms with van der Waals surface area (Å²) in [4.78, 5) is 16.2. The third-order valence-electron chi connectivity index (χ3n) is 2.61. The number of amides is 1. The highest BCUT2D eigenvalue weighted by molar-refractivity contribution is 8.00. The van der Waals surface area contributed by atoms with Crippen LogP contribution in [0.3, 0.4) is 0 Å². The van der Waals surface area contributed by atoms with E-state index >= 15 is 0 Å². The van der Waals surface area contributed by atoms with E-state index in [1.807, 2.05) is 55.5 Å². The Hall–Kier alpha value is -1.81. The van der Waals surface area contributed by atoms with Gasteiger partial charge in [-0.15, -0.1) is 0 Å². The predicted molar refractivity (Wildman–Crippen MR) is 77.8 cm³/mol. The van der Waals surface area contributed by atoms with E-state index in [0.717, 1.165) is 10.6 Å². The summed E-state index contributed by atoms with van der Waals surface area (Å²) < 4.78 is 0. The number of nitrogens with one attached hydrogen (secondary N) is 1. The highest BCUT2D eigenvalue weighted by atomic mass is 32.2. The number of benzene rings is 1. The molecule has 0 aliphatic heterocycles. The van der Waals surface area contributed by atoms with Gasteiger partial charge in [-0.1, -0.05) is 48.2 Å². The third-order valence-corrected chi connectivity index (χ3v) is 3.66. The van der Waals surface area contributed by atoms with E-state index in [2.05, 4.69) is 10.3 Å².